The molecule has 0 spiro atoms. The standard InChI is InChI=1S/C20H21Cl2FN4O3.C14H19ClFN3O2.C6H4ClNO2.C2HF3O2.3H2/c21-14-1-4-18(24-11-14)20(29)25-10-13-5-7-27(8-6-13)26-19(28)12-30-15-2-3-16(22)17(23)9-15;15-12-2-1-11(7-13(12)16)21-9-14(20)18-19-5-3-10(8-17)4-6-19;7-4-1-2-5(6(9)10)8-3-4;3-2(4,5)1(6)7;;;/h1-4,9,11,13H,5-8,10,12H2,(H,25,29)(H,26,28);1-2,7,10H,3-6,8-9,17H2,(H,18,20);1-3H,(H,9,10);(H,6,7);3*1H. The van der Waals surface area contributed by atoms with Crippen molar-refractivity contribution in [3.8, 4) is 11.5 Å². The minimum atomic E-state index is -5.08. The minimum absolute atomic E-state index is 0. The van der Waals surface area contributed by atoms with Crippen LogP contribution in [0.15, 0.2) is 73.1 Å². The number of pyridine rings is 2. The van der Waals surface area contributed by atoms with E-state index in [1.165, 1.54) is 48.8 Å². The highest BCUT2D eigenvalue weighted by Gasteiger charge is 2.38. The van der Waals surface area contributed by atoms with E-state index in [-0.39, 0.29) is 62.5 Å². The highest BCUT2D eigenvalue weighted by atomic mass is 35.5. The average molecular weight is 1050 g/mol. The van der Waals surface area contributed by atoms with Crippen LogP contribution in [-0.2, 0) is 14.4 Å². The van der Waals surface area contributed by atoms with E-state index in [9.17, 15) is 41.1 Å². The Morgan fingerprint density at radius 2 is 1.10 bits per heavy atom. The number of carbonyl (C=O) groups is 5. The smallest absolute Gasteiger partial charge is 0.484 e. The number of aromatic nitrogens is 2. The van der Waals surface area contributed by atoms with Gasteiger partial charge in [-0.05, 0) is 92.6 Å². The van der Waals surface area contributed by atoms with Crippen molar-refractivity contribution in [2.45, 2.75) is 31.9 Å². The molecule has 0 aliphatic carbocycles. The van der Waals surface area contributed by atoms with E-state index in [1.807, 2.05) is 10.0 Å². The maximum Gasteiger partial charge on any atom is 0.490 e. The number of amides is 3. The molecule has 2 aliphatic heterocycles. The third-order valence-electron chi connectivity index (χ3n) is 9.35. The highest BCUT2D eigenvalue weighted by Crippen LogP contribution is 2.22. The van der Waals surface area contributed by atoms with E-state index in [2.05, 4.69) is 26.1 Å². The number of halogens is 9. The Balaban J connectivity index is 0.00000103. The van der Waals surface area contributed by atoms with E-state index in [0.29, 0.717) is 53.8 Å². The fraction of sp³-hybridized carbons (Fsp3) is 0.357. The lowest BCUT2D eigenvalue weighted by molar-refractivity contribution is -0.192. The Hall–Kier alpha value is -5.62. The number of aliphatic carboxylic acids is 1. The Bertz CT molecular complexity index is 2290. The number of piperidine rings is 2. The van der Waals surface area contributed by atoms with Crippen LogP contribution in [0.5, 0.6) is 11.5 Å². The fourth-order valence-electron chi connectivity index (χ4n) is 5.72. The number of carboxylic acids is 2. The van der Waals surface area contributed by atoms with E-state index in [1.54, 1.807) is 12.1 Å². The predicted molar refractivity (Wildman–Crippen MR) is 246 cm³/mol. The molecule has 4 heterocycles. The number of carbonyl (C=O) groups excluding carboxylic acids is 3. The first-order chi connectivity index (χ1) is 32.1. The molecular weight excluding hydrogens is 997 g/mol. The lowest BCUT2D eigenvalue weighted by atomic mass is 9.97. The molecule has 26 heteroatoms. The molecule has 6 rings (SSSR count). The molecule has 17 nitrogen and oxygen atoms in total. The van der Waals surface area contributed by atoms with Crippen molar-refractivity contribution < 1.29 is 69.9 Å². The van der Waals surface area contributed by atoms with Gasteiger partial charge >= 0.3 is 18.1 Å². The van der Waals surface area contributed by atoms with Gasteiger partial charge in [0.1, 0.15) is 34.5 Å². The summed E-state index contributed by atoms with van der Waals surface area (Å²) in [5.41, 5.74) is 11.5. The fourth-order valence-corrected chi connectivity index (χ4v) is 6.18. The lowest BCUT2D eigenvalue weighted by Gasteiger charge is -2.32. The number of rotatable bonds is 13. The largest absolute Gasteiger partial charge is 0.490 e. The van der Waals surface area contributed by atoms with Crippen molar-refractivity contribution >= 4 is 76.1 Å². The summed E-state index contributed by atoms with van der Waals surface area (Å²) >= 11 is 22.4. The molecule has 0 saturated carbocycles. The Morgan fingerprint density at radius 3 is 1.46 bits per heavy atom. The molecule has 0 bridgehead atoms. The van der Waals surface area contributed by atoms with Gasteiger partial charge in [-0.2, -0.15) is 13.2 Å². The van der Waals surface area contributed by atoms with Crippen LogP contribution in [0.4, 0.5) is 22.0 Å². The molecule has 2 fully saturated rings. The maximum absolute atomic E-state index is 13.4. The third-order valence-corrected chi connectivity index (χ3v) is 10.4. The minimum Gasteiger partial charge on any atom is -0.484 e. The summed E-state index contributed by atoms with van der Waals surface area (Å²) in [6.07, 6.45) is 1.23. The average Bonchev–Trinajstić information content (AvgIpc) is 3.30. The molecule has 2 aliphatic rings. The zero-order valence-electron chi connectivity index (χ0n) is 35.6. The second-order valence-electron chi connectivity index (χ2n) is 14.4. The molecule has 0 atom stereocenters. The molecule has 2 aromatic carbocycles. The first-order valence-corrected chi connectivity index (χ1v) is 21.6. The van der Waals surface area contributed by atoms with Crippen molar-refractivity contribution in [1.82, 2.24) is 36.2 Å². The van der Waals surface area contributed by atoms with Gasteiger partial charge < -0.3 is 30.7 Å². The molecule has 2 aromatic heterocycles. The Kier molecular flexibility index (Phi) is 23.9. The summed E-state index contributed by atoms with van der Waals surface area (Å²) in [7, 11) is 0. The molecule has 2 saturated heterocycles. The number of ether oxygens (including phenoxy) is 2. The van der Waals surface area contributed by atoms with Gasteiger partial charge in [0.05, 0.1) is 20.1 Å². The summed E-state index contributed by atoms with van der Waals surface area (Å²) in [5, 5.41) is 23.0. The van der Waals surface area contributed by atoms with Crippen LogP contribution in [0, 0.1) is 23.5 Å². The Labute approximate surface area is 410 Å². The molecule has 7 N–H and O–H groups in total. The number of hydrazine groups is 2. The van der Waals surface area contributed by atoms with Crippen molar-refractivity contribution in [1.29, 1.82) is 0 Å². The number of hydrogen-bond acceptors (Lipinski definition) is 12. The molecule has 376 valence electrons. The van der Waals surface area contributed by atoms with Gasteiger partial charge in [-0.25, -0.2) is 38.4 Å². The zero-order chi connectivity index (χ0) is 50.4. The molecule has 68 heavy (non-hydrogen) atoms. The first kappa shape index (κ1) is 56.7. The number of carboxylic acid groups (broad SMARTS) is 2. The monoisotopic (exact) mass is 1050 g/mol. The van der Waals surface area contributed by atoms with Crippen LogP contribution in [0.3, 0.4) is 0 Å². The van der Waals surface area contributed by atoms with Gasteiger partial charge in [0.15, 0.2) is 13.2 Å². The zero-order valence-corrected chi connectivity index (χ0v) is 38.6. The van der Waals surface area contributed by atoms with Gasteiger partial charge in [-0.3, -0.25) is 25.2 Å². The number of benzene rings is 2. The molecule has 0 radical (unpaired) electrons. The highest BCUT2D eigenvalue weighted by molar-refractivity contribution is 6.31. The Morgan fingerprint density at radius 1 is 0.691 bits per heavy atom. The van der Waals surface area contributed by atoms with Crippen LogP contribution in [0.1, 0.15) is 50.9 Å². The van der Waals surface area contributed by atoms with E-state index in [0.717, 1.165) is 50.9 Å². The van der Waals surface area contributed by atoms with E-state index >= 15 is 0 Å². The third kappa shape index (κ3) is 21.6. The van der Waals surface area contributed by atoms with Crippen LogP contribution in [0.25, 0.3) is 0 Å². The van der Waals surface area contributed by atoms with Crippen LogP contribution in [-0.4, -0.2) is 119 Å². The van der Waals surface area contributed by atoms with Gasteiger partial charge in [-0.1, -0.05) is 46.4 Å². The summed E-state index contributed by atoms with van der Waals surface area (Å²) < 4.78 is 68.8. The topological polar surface area (TPSA) is 239 Å². The number of alkyl halides is 3. The van der Waals surface area contributed by atoms with Crippen LogP contribution >= 0.6 is 46.4 Å². The molecule has 3 amide bonds. The second kappa shape index (κ2) is 28.6. The molecule has 0 unspecified atom stereocenters. The molecular formula is C42H51Cl4F5N8O9. The predicted octanol–water partition coefficient (Wildman–Crippen LogP) is 7.44. The normalized spacial score (nSPS) is 14.3. The summed E-state index contributed by atoms with van der Waals surface area (Å²) in [6, 6.07) is 14.1. The number of nitrogens with two attached hydrogens (primary N) is 1. The van der Waals surface area contributed by atoms with Crippen molar-refractivity contribution in [3.63, 3.8) is 0 Å². The van der Waals surface area contributed by atoms with Crippen LogP contribution in [0.2, 0.25) is 20.1 Å². The number of nitrogens with zero attached hydrogens (tertiary/aromatic N) is 4. The van der Waals surface area contributed by atoms with Crippen molar-refractivity contribution in [2.75, 3.05) is 52.5 Å². The van der Waals surface area contributed by atoms with Gasteiger partial charge in [-0.15, -0.1) is 0 Å². The van der Waals surface area contributed by atoms with Gasteiger partial charge in [0.25, 0.3) is 17.7 Å². The van der Waals surface area contributed by atoms with Crippen LogP contribution < -0.4 is 31.4 Å². The van der Waals surface area contributed by atoms with Gasteiger partial charge in [0, 0.05) is 61.5 Å². The molecule has 4 aromatic rings. The van der Waals surface area contributed by atoms with Crippen molar-refractivity contribution in [2.24, 2.45) is 17.6 Å². The summed E-state index contributed by atoms with van der Waals surface area (Å²) in [4.78, 5) is 62.6. The summed E-state index contributed by atoms with van der Waals surface area (Å²) in [6.45, 7) is 3.70. The number of hydrogen-bond donors (Lipinski definition) is 6. The second-order valence-corrected chi connectivity index (χ2v) is 16.1. The van der Waals surface area contributed by atoms with E-state index in [4.69, 9.17) is 76.6 Å². The van der Waals surface area contributed by atoms with Crippen molar-refractivity contribution in [3.05, 3.63) is 116 Å². The first-order valence-electron chi connectivity index (χ1n) is 20.1. The van der Waals surface area contributed by atoms with Gasteiger partial charge in [0.2, 0.25) is 0 Å². The number of aromatic carboxylic acids is 1. The summed E-state index contributed by atoms with van der Waals surface area (Å²) in [5.74, 6) is -4.46. The quantitative estimate of drug-likeness (QED) is 0.0714. The van der Waals surface area contributed by atoms with E-state index < -0.39 is 29.7 Å². The SMILES string of the molecule is NCC1CCN(NC(=O)COc2ccc(Cl)c(F)c2)CC1.O=C(COc1ccc(Cl)c(F)c1)NN1CCC(CNC(=O)c2ccc(Cl)cn2)CC1.O=C(O)C(F)(F)F.O=C(O)c1ccc(Cl)cn1.[HH].[HH].[HH]. The number of nitrogens with one attached hydrogen (secondary N) is 3. The maximum atomic E-state index is 13.4. The lowest BCUT2D eigenvalue weighted by Crippen LogP contribution is -2.49.